The lowest BCUT2D eigenvalue weighted by atomic mass is 10.3. The van der Waals surface area contributed by atoms with E-state index in [2.05, 4.69) is 23.3 Å². The Balaban J connectivity index is 1.97. The Hall–Kier alpha value is -1.79. The number of aliphatic imine (C=N–C) groups is 1. The molecular formula is C19H35N5O5S. The molecule has 1 aliphatic heterocycles. The van der Waals surface area contributed by atoms with Crippen molar-refractivity contribution >= 4 is 21.8 Å². The summed E-state index contributed by atoms with van der Waals surface area (Å²) in [6, 6.07) is 0. The number of ether oxygens (including phenoxy) is 3. The number of hydrogen-bond acceptors (Lipinski definition) is 10. The smallest absolute Gasteiger partial charge is 0.152 e. The lowest BCUT2D eigenvalue weighted by Gasteiger charge is -2.25. The Morgan fingerprint density at radius 1 is 1.00 bits per heavy atom. The number of rotatable bonds is 17. The predicted molar refractivity (Wildman–Crippen MR) is 120 cm³/mol. The molecule has 30 heavy (non-hydrogen) atoms. The first-order chi connectivity index (χ1) is 14.5. The summed E-state index contributed by atoms with van der Waals surface area (Å²) < 4.78 is 39.2. The van der Waals surface area contributed by atoms with Crippen molar-refractivity contribution in [2.75, 3.05) is 83.9 Å². The molecule has 0 bridgehead atoms. The molecule has 0 aromatic rings. The van der Waals surface area contributed by atoms with Crippen molar-refractivity contribution in [1.82, 2.24) is 9.80 Å². The third-order valence-corrected chi connectivity index (χ3v) is 5.91. The maximum atomic E-state index is 11.4. The van der Waals surface area contributed by atoms with Gasteiger partial charge >= 0.3 is 0 Å². The summed E-state index contributed by atoms with van der Waals surface area (Å²) in [6.45, 7) is 13.1. The fourth-order valence-corrected chi connectivity index (χ4v) is 3.79. The molecule has 0 aliphatic carbocycles. The van der Waals surface area contributed by atoms with Crippen molar-refractivity contribution in [3.05, 3.63) is 25.6 Å². The minimum atomic E-state index is -2.89. The predicted octanol–water partition coefficient (Wildman–Crippen LogP) is -0.259. The topological polar surface area (TPSA) is 119 Å². The van der Waals surface area contributed by atoms with E-state index >= 15 is 0 Å². The van der Waals surface area contributed by atoms with Gasteiger partial charge in [0, 0.05) is 32.4 Å². The lowest BCUT2D eigenvalue weighted by Crippen LogP contribution is -2.43. The van der Waals surface area contributed by atoms with Gasteiger partial charge in [-0.15, -0.1) is 0 Å². The van der Waals surface area contributed by atoms with Crippen molar-refractivity contribution in [3.8, 4) is 0 Å². The van der Waals surface area contributed by atoms with Crippen LogP contribution in [0.3, 0.4) is 0 Å². The SMILES string of the molecule is C=CN(C=C)CCOCCOCCOCCN=C/C(CN1CCS(=O)(=O)CC1)=N\N. The van der Waals surface area contributed by atoms with Gasteiger partial charge in [0.1, 0.15) is 0 Å². The first-order valence-electron chi connectivity index (χ1n) is 9.94. The fourth-order valence-electron chi connectivity index (χ4n) is 2.51. The summed E-state index contributed by atoms with van der Waals surface area (Å²) in [5, 5.41) is 3.72. The molecule has 0 saturated carbocycles. The summed E-state index contributed by atoms with van der Waals surface area (Å²) in [5.74, 6) is 5.74. The monoisotopic (exact) mass is 445 g/mol. The van der Waals surface area contributed by atoms with Crippen molar-refractivity contribution in [2.24, 2.45) is 15.9 Å². The van der Waals surface area contributed by atoms with Crippen molar-refractivity contribution in [3.63, 3.8) is 0 Å². The van der Waals surface area contributed by atoms with Gasteiger partial charge in [-0.1, -0.05) is 13.2 Å². The van der Waals surface area contributed by atoms with E-state index in [4.69, 9.17) is 20.1 Å². The molecule has 0 aromatic heterocycles. The second-order valence-corrected chi connectivity index (χ2v) is 8.83. The van der Waals surface area contributed by atoms with Crippen LogP contribution in [0.15, 0.2) is 35.7 Å². The van der Waals surface area contributed by atoms with Crippen LogP contribution in [0.25, 0.3) is 0 Å². The zero-order chi connectivity index (χ0) is 22.1. The molecule has 1 fully saturated rings. The first-order valence-corrected chi connectivity index (χ1v) is 11.8. The molecule has 1 saturated heterocycles. The van der Waals surface area contributed by atoms with Gasteiger partial charge in [-0.25, -0.2) is 8.42 Å². The second kappa shape index (κ2) is 16.0. The van der Waals surface area contributed by atoms with E-state index in [9.17, 15) is 8.42 Å². The van der Waals surface area contributed by atoms with Gasteiger partial charge < -0.3 is 25.0 Å². The number of nitrogens with zero attached hydrogens (tertiary/aromatic N) is 4. The standard InChI is InChI=1S/C19H35N5O5S/c1-3-23(4-2)6-10-28-12-14-29-13-11-27-9-5-21-17-19(22-20)18-24-7-15-30(25,26)16-8-24/h3-4,17H,1-2,5-16,18,20H2/b21-17?,22-19+. The molecule has 0 unspecified atom stereocenters. The van der Waals surface area contributed by atoms with Crippen LogP contribution in [0.5, 0.6) is 0 Å². The van der Waals surface area contributed by atoms with Crippen LogP contribution in [-0.4, -0.2) is 114 Å². The van der Waals surface area contributed by atoms with Crippen LogP contribution in [0.1, 0.15) is 0 Å². The number of hydrazone groups is 1. The van der Waals surface area contributed by atoms with Gasteiger partial charge in [0.2, 0.25) is 0 Å². The van der Waals surface area contributed by atoms with Crippen LogP contribution in [0.4, 0.5) is 0 Å². The molecule has 1 rings (SSSR count). The van der Waals surface area contributed by atoms with Crippen molar-refractivity contribution < 1.29 is 22.6 Å². The fraction of sp³-hybridized carbons (Fsp3) is 0.684. The highest BCUT2D eigenvalue weighted by Gasteiger charge is 2.21. The van der Waals surface area contributed by atoms with E-state index in [1.807, 2.05) is 9.80 Å². The van der Waals surface area contributed by atoms with Crippen molar-refractivity contribution in [2.45, 2.75) is 0 Å². The van der Waals surface area contributed by atoms with Crippen LogP contribution in [0.2, 0.25) is 0 Å². The van der Waals surface area contributed by atoms with Crippen molar-refractivity contribution in [1.29, 1.82) is 0 Å². The highest BCUT2D eigenvalue weighted by Crippen LogP contribution is 2.03. The first kappa shape index (κ1) is 26.2. The van der Waals surface area contributed by atoms with Gasteiger partial charge in [0.25, 0.3) is 0 Å². The van der Waals surface area contributed by atoms with Crippen LogP contribution < -0.4 is 5.84 Å². The third-order valence-electron chi connectivity index (χ3n) is 4.30. The van der Waals surface area contributed by atoms with Crippen LogP contribution >= 0.6 is 0 Å². The average molecular weight is 446 g/mol. The normalized spacial score (nSPS) is 17.3. The summed E-state index contributed by atoms with van der Waals surface area (Å²) in [7, 11) is -2.89. The molecule has 0 atom stereocenters. The van der Waals surface area contributed by atoms with Gasteiger partial charge in [0.15, 0.2) is 9.84 Å². The zero-order valence-electron chi connectivity index (χ0n) is 17.7. The maximum absolute atomic E-state index is 11.4. The molecule has 0 aromatic carbocycles. The Morgan fingerprint density at radius 3 is 2.13 bits per heavy atom. The summed E-state index contributed by atoms with van der Waals surface area (Å²) >= 11 is 0. The molecule has 0 radical (unpaired) electrons. The molecule has 172 valence electrons. The van der Waals surface area contributed by atoms with E-state index in [-0.39, 0.29) is 11.5 Å². The number of hydrogen-bond donors (Lipinski definition) is 1. The second-order valence-electron chi connectivity index (χ2n) is 6.52. The van der Waals surface area contributed by atoms with Gasteiger partial charge in [-0.3, -0.25) is 9.89 Å². The number of sulfone groups is 1. The van der Waals surface area contributed by atoms with Crippen LogP contribution in [0, 0.1) is 0 Å². The lowest BCUT2D eigenvalue weighted by molar-refractivity contribution is 0.0148. The Morgan fingerprint density at radius 2 is 1.57 bits per heavy atom. The van der Waals surface area contributed by atoms with E-state index in [1.54, 1.807) is 18.6 Å². The molecular weight excluding hydrogens is 410 g/mol. The third kappa shape index (κ3) is 12.7. The van der Waals surface area contributed by atoms with Gasteiger partial charge in [-0.2, -0.15) is 5.10 Å². The Bertz CT molecular complexity index is 632. The highest BCUT2D eigenvalue weighted by molar-refractivity contribution is 7.91. The zero-order valence-corrected chi connectivity index (χ0v) is 18.5. The molecule has 10 nitrogen and oxygen atoms in total. The largest absolute Gasteiger partial charge is 0.377 e. The average Bonchev–Trinajstić information content (AvgIpc) is 2.74. The Kier molecular flexibility index (Phi) is 14.0. The quantitative estimate of drug-likeness (QED) is 0.141. The molecule has 1 aliphatic rings. The minimum Gasteiger partial charge on any atom is -0.377 e. The molecule has 2 N–H and O–H groups in total. The summed E-state index contributed by atoms with van der Waals surface area (Å²) in [6.07, 6.45) is 5.00. The molecule has 0 amide bonds. The van der Waals surface area contributed by atoms with Gasteiger partial charge in [-0.05, 0) is 12.4 Å². The minimum absolute atomic E-state index is 0.174. The summed E-state index contributed by atoms with van der Waals surface area (Å²) in [4.78, 5) is 8.10. The molecule has 0 spiro atoms. The van der Waals surface area contributed by atoms with E-state index < -0.39 is 9.84 Å². The molecule has 1 heterocycles. The van der Waals surface area contributed by atoms with E-state index in [0.717, 1.165) is 0 Å². The maximum Gasteiger partial charge on any atom is 0.152 e. The highest BCUT2D eigenvalue weighted by atomic mass is 32.2. The van der Waals surface area contributed by atoms with Crippen LogP contribution in [-0.2, 0) is 24.0 Å². The van der Waals surface area contributed by atoms with E-state index in [1.165, 1.54) is 0 Å². The molecule has 11 heteroatoms. The Labute approximate surface area is 180 Å². The number of nitrogens with two attached hydrogens (primary N) is 1. The van der Waals surface area contributed by atoms with Gasteiger partial charge in [0.05, 0.1) is 63.4 Å². The van der Waals surface area contributed by atoms with E-state index in [0.29, 0.717) is 78.1 Å². The summed E-state index contributed by atoms with van der Waals surface area (Å²) in [5.41, 5.74) is 0.613.